The van der Waals surface area contributed by atoms with Crippen LogP contribution in [0.25, 0.3) is 0 Å². The molecular formula is C25H32Cl2N2O. The average Bonchev–Trinajstić information content (AvgIpc) is 3.61. The summed E-state index contributed by atoms with van der Waals surface area (Å²) in [5.74, 6) is 0.856. The van der Waals surface area contributed by atoms with E-state index in [2.05, 4.69) is 42.0 Å². The van der Waals surface area contributed by atoms with Crippen molar-refractivity contribution in [3.63, 3.8) is 0 Å². The molecule has 0 aliphatic heterocycles. The Bertz CT molecular complexity index is 858. The lowest BCUT2D eigenvalue weighted by Crippen LogP contribution is -2.51. The molecule has 3 nitrogen and oxygen atoms in total. The molecule has 162 valence electrons. The van der Waals surface area contributed by atoms with Crippen molar-refractivity contribution in [1.29, 1.82) is 0 Å². The number of hydrogen-bond acceptors (Lipinski definition) is 3. The fourth-order valence-corrected chi connectivity index (χ4v) is 5.61. The molecule has 5 heteroatoms. The maximum absolute atomic E-state index is 6.20. The van der Waals surface area contributed by atoms with E-state index in [1.165, 1.54) is 18.4 Å². The van der Waals surface area contributed by atoms with E-state index in [-0.39, 0.29) is 5.54 Å². The van der Waals surface area contributed by atoms with Gasteiger partial charge in [0.15, 0.2) is 0 Å². The predicted molar refractivity (Wildman–Crippen MR) is 127 cm³/mol. The van der Waals surface area contributed by atoms with E-state index in [1.54, 1.807) is 7.11 Å². The van der Waals surface area contributed by atoms with Crippen LogP contribution in [0.2, 0.25) is 10.0 Å². The molecule has 4 rings (SSSR count). The van der Waals surface area contributed by atoms with E-state index in [0.717, 1.165) is 54.7 Å². The van der Waals surface area contributed by atoms with Crippen molar-refractivity contribution in [3.8, 4) is 5.75 Å². The van der Waals surface area contributed by atoms with Crippen LogP contribution in [0.15, 0.2) is 42.5 Å². The maximum Gasteiger partial charge on any atom is 0.143 e. The number of hydrogen-bond donors (Lipinski definition) is 0. The quantitative estimate of drug-likeness (QED) is 0.466. The van der Waals surface area contributed by atoms with Crippen LogP contribution in [0.3, 0.4) is 0 Å². The summed E-state index contributed by atoms with van der Waals surface area (Å²) in [6.45, 7) is 3.18. The van der Waals surface area contributed by atoms with Gasteiger partial charge < -0.3 is 9.64 Å². The zero-order chi connectivity index (χ0) is 21.3. The van der Waals surface area contributed by atoms with Gasteiger partial charge in [-0.2, -0.15) is 0 Å². The molecule has 0 unspecified atom stereocenters. The fraction of sp³-hybridized carbons (Fsp3) is 0.520. The highest BCUT2D eigenvalue weighted by Crippen LogP contribution is 2.48. The number of nitrogens with zero attached hydrogens (tertiary/aromatic N) is 2. The van der Waals surface area contributed by atoms with Crippen LogP contribution in [0.5, 0.6) is 5.75 Å². The Morgan fingerprint density at radius 2 is 1.57 bits per heavy atom. The van der Waals surface area contributed by atoms with Crippen molar-refractivity contribution < 1.29 is 4.74 Å². The van der Waals surface area contributed by atoms with Crippen molar-refractivity contribution in [3.05, 3.63) is 58.1 Å². The number of rotatable bonds is 7. The zero-order valence-corrected chi connectivity index (χ0v) is 19.7. The Morgan fingerprint density at radius 1 is 0.933 bits per heavy atom. The van der Waals surface area contributed by atoms with E-state index < -0.39 is 0 Å². The summed E-state index contributed by atoms with van der Waals surface area (Å²) >= 11 is 12.4. The Labute approximate surface area is 190 Å². The summed E-state index contributed by atoms with van der Waals surface area (Å²) in [5, 5.41) is 1.52. The van der Waals surface area contributed by atoms with Crippen molar-refractivity contribution in [2.24, 2.45) is 0 Å². The lowest BCUT2D eigenvalue weighted by molar-refractivity contribution is 0.0585. The second kappa shape index (κ2) is 8.98. The molecule has 0 saturated heterocycles. The zero-order valence-electron chi connectivity index (χ0n) is 18.2. The minimum atomic E-state index is 0.103. The molecule has 2 aromatic rings. The molecule has 0 heterocycles. The highest BCUT2D eigenvalue weighted by atomic mass is 35.5. The van der Waals surface area contributed by atoms with Crippen molar-refractivity contribution in [1.82, 2.24) is 4.90 Å². The van der Waals surface area contributed by atoms with E-state index in [0.29, 0.717) is 11.1 Å². The van der Waals surface area contributed by atoms with Gasteiger partial charge in [-0.1, -0.05) is 35.3 Å². The average molecular weight is 447 g/mol. The van der Waals surface area contributed by atoms with E-state index in [1.807, 2.05) is 24.3 Å². The van der Waals surface area contributed by atoms with E-state index in [4.69, 9.17) is 27.9 Å². The van der Waals surface area contributed by atoms with Crippen molar-refractivity contribution in [2.45, 2.75) is 63.1 Å². The molecule has 0 bridgehead atoms. The molecule has 2 aliphatic carbocycles. The van der Waals surface area contributed by atoms with Crippen LogP contribution in [-0.4, -0.2) is 37.7 Å². The van der Waals surface area contributed by atoms with Crippen LogP contribution in [-0.2, 0) is 5.54 Å². The molecule has 0 spiro atoms. The molecule has 0 radical (unpaired) electrons. The Hall–Kier alpha value is -1.42. The largest absolute Gasteiger partial charge is 0.495 e. The third-order valence-electron chi connectivity index (χ3n) is 7.17. The van der Waals surface area contributed by atoms with Gasteiger partial charge >= 0.3 is 0 Å². The molecule has 0 N–H and O–H groups in total. The summed E-state index contributed by atoms with van der Waals surface area (Å²) in [7, 11) is 4.05. The van der Waals surface area contributed by atoms with Crippen LogP contribution in [0, 0.1) is 0 Å². The summed E-state index contributed by atoms with van der Waals surface area (Å²) in [5.41, 5.74) is 2.65. The molecule has 0 atom stereocenters. The minimum Gasteiger partial charge on any atom is -0.495 e. The lowest BCUT2D eigenvalue weighted by atomic mass is 9.73. The number of methoxy groups -OCH3 is 1. The first-order chi connectivity index (χ1) is 14.5. The first-order valence-corrected chi connectivity index (χ1v) is 11.8. The number of halogens is 2. The topological polar surface area (TPSA) is 15.7 Å². The van der Waals surface area contributed by atoms with Gasteiger partial charge in [-0.25, -0.2) is 0 Å². The highest BCUT2D eigenvalue weighted by Gasteiger charge is 2.46. The maximum atomic E-state index is 6.20. The lowest BCUT2D eigenvalue weighted by Gasteiger charge is -2.49. The van der Waals surface area contributed by atoms with Gasteiger partial charge in [0, 0.05) is 40.3 Å². The Kier molecular flexibility index (Phi) is 6.53. The van der Waals surface area contributed by atoms with Crippen molar-refractivity contribution >= 4 is 28.9 Å². The highest BCUT2D eigenvalue weighted by molar-refractivity contribution is 6.31. The summed E-state index contributed by atoms with van der Waals surface area (Å²) in [4.78, 5) is 5.16. The molecule has 0 aromatic heterocycles. The molecule has 2 aromatic carbocycles. The van der Waals surface area contributed by atoms with Gasteiger partial charge in [-0.3, -0.25) is 4.90 Å². The number of benzene rings is 2. The number of anilines is 1. The van der Waals surface area contributed by atoms with E-state index >= 15 is 0 Å². The van der Waals surface area contributed by atoms with Gasteiger partial charge in [0.25, 0.3) is 0 Å². The molecule has 2 fully saturated rings. The van der Waals surface area contributed by atoms with Crippen LogP contribution in [0.1, 0.15) is 51.0 Å². The smallest absolute Gasteiger partial charge is 0.143 e. The van der Waals surface area contributed by atoms with Gasteiger partial charge in [0.1, 0.15) is 5.75 Å². The summed E-state index contributed by atoms with van der Waals surface area (Å²) < 4.78 is 5.65. The number of ether oxygens (including phenoxy) is 1. The van der Waals surface area contributed by atoms with Crippen molar-refractivity contribution in [2.75, 3.05) is 25.6 Å². The molecular weight excluding hydrogens is 415 g/mol. The Morgan fingerprint density at radius 3 is 2.13 bits per heavy atom. The SMILES string of the molecule is CCN(c1ccc(Cl)cc1OC)C1CCC(c2ccc(Cl)cc2)(N(C)C2CC2)CC1. The van der Waals surface area contributed by atoms with Gasteiger partial charge in [-0.05, 0) is 82.3 Å². The summed E-state index contributed by atoms with van der Waals surface area (Å²) in [6, 6.07) is 15.8. The summed E-state index contributed by atoms with van der Waals surface area (Å²) in [6.07, 6.45) is 7.24. The third-order valence-corrected chi connectivity index (χ3v) is 7.65. The first-order valence-electron chi connectivity index (χ1n) is 11.1. The standard InChI is InChI=1S/C25H32Cl2N2O/c1-4-29(23-12-9-20(27)17-24(23)30-3)22-13-15-25(16-14-22,28(2)21-10-11-21)18-5-7-19(26)8-6-18/h5-9,12,17,21-22H,4,10-11,13-16H2,1-3H3. The van der Waals surface area contributed by atoms with E-state index in [9.17, 15) is 0 Å². The molecule has 2 aliphatic rings. The Balaban J connectivity index is 1.58. The predicted octanol–water partition coefficient (Wildman–Crippen LogP) is 6.76. The van der Waals surface area contributed by atoms with Gasteiger partial charge in [-0.15, -0.1) is 0 Å². The minimum absolute atomic E-state index is 0.103. The van der Waals surface area contributed by atoms with Crippen LogP contribution >= 0.6 is 23.2 Å². The monoisotopic (exact) mass is 446 g/mol. The molecule has 0 amide bonds. The second-order valence-electron chi connectivity index (χ2n) is 8.71. The van der Waals surface area contributed by atoms with Crippen LogP contribution < -0.4 is 9.64 Å². The second-order valence-corrected chi connectivity index (χ2v) is 9.59. The van der Waals surface area contributed by atoms with Gasteiger partial charge in [0.05, 0.1) is 12.8 Å². The third kappa shape index (κ3) is 4.17. The fourth-order valence-electron chi connectivity index (χ4n) is 5.32. The first kappa shape index (κ1) is 21.8. The normalized spacial score (nSPS) is 24.1. The van der Waals surface area contributed by atoms with Crippen LogP contribution in [0.4, 0.5) is 5.69 Å². The molecule has 2 saturated carbocycles. The van der Waals surface area contributed by atoms with Gasteiger partial charge in [0.2, 0.25) is 0 Å². The molecule has 30 heavy (non-hydrogen) atoms.